The van der Waals surface area contributed by atoms with Crippen molar-refractivity contribution in [2.75, 3.05) is 18.1 Å². The van der Waals surface area contributed by atoms with Crippen LogP contribution in [0.15, 0.2) is 12.3 Å². The van der Waals surface area contributed by atoms with Crippen LogP contribution in [0.3, 0.4) is 0 Å². The first kappa shape index (κ1) is 9.71. The third-order valence-corrected chi connectivity index (χ3v) is 2.48. The topological polar surface area (TPSA) is 63.8 Å². The first-order valence-corrected chi connectivity index (χ1v) is 4.83. The van der Waals surface area contributed by atoms with Crippen LogP contribution in [0.5, 0.6) is 0 Å². The number of nitrogens with one attached hydrogen (secondary N) is 1. The van der Waals surface area contributed by atoms with Gasteiger partial charge in [0.2, 0.25) is 0 Å². The van der Waals surface area contributed by atoms with E-state index in [4.69, 9.17) is 5.73 Å². The molecule has 0 amide bonds. The summed E-state index contributed by atoms with van der Waals surface area (Å²) in [5.41, 5.74) is 11.3. The Morgan fingerprint density at radius 3 is 2.73 bits per heavy atom. The molecule has 0 atom stereocenters. The van der Waals surface area contributed by atoms with E-state index in [0.717, 1.165) is 28.0 Å². The van der Waals surface area contributed by atoms with Gasteiger partial charge in [0.1, 0.15) is 0 Å². The number of fused-ring (bicyclic) bond motifs is 1. The zero-order chi connectivity index (χ0) is 11.0. The van der Waals surface area contributed by atoms with E-state index in [1.54, 1.807) is 6.20 Å². The van der Waals surface area contributed by atoms with Crippen LogP contribution in [0.4, 0.5) is 11.4 Å². The first-order valence-electron chi connectivity index (χ1n) is 4.83. The van der Waals surface area contributed by atoms with Crippen molar-refractivity contribution in [3.05, 3.63) is 23.5 Å². The minimum atomic E-state index is 0.709. The number of nitrogens with two attached hydrogens (primary N) is 1. The van der Waals surface area contributed by atoms with E-state index in [-0.39, 0.29) is 0 Å². The Kier molecular flexibility index (Phi) is 2.19. The molecule has 2 rings (SSSR count). The third-order valence-electron chi connectivity index (χ3n) is 2.48. The molecule has 15 heavy (non-hydrogen) atoms. The van der Waals surface area contributed by atoms with Gasteiger partial charge in [-0.1, -0.05) is 0 Å². The molecule has 0 saturated carbocycles. The van der Waals surface area contributed by atoms with E-state index in [0.29, 0.717) is 5.69 Å². The molecule has 0 bridgehead atoms. The zero-order valence-electron chi connectivity index (χ0n) is 9.13. The summed E-state index contributed by atoms with van der Waals surface area (Å²) in [6.07, 6.45) is 1.75. The van der Waals surface area contributed by atoms with E-state index >= 15 is 0 Å². The molecule has 4 nitrogen and oxygen atoms in total. The summed E-state index contributed by atoms with van der Waals surface area (Å²) in [5.74, 6) is 0. The van der Waals surface area contributed by atoms with Gasteiger partial charge in [-0.05, 0) is 19.9 Å². The number of nitrogens with zero attached hydrogens (tertiary/aromatic N) is 2. The van der Waals surface area contributed by atoms with Crippen LogP contribution < -0.4 is 11.1 Å². The van der Waals surface area contributed by atoms with Gasteiger partial charge in [-0.15, -0.1) is 0 Å². The fourth-order valence-corrected chi connectivity index (χ4v) is 1.75. The second-order valence-corrected chi connectivity index (χ2v) is 3.59. The second kappa shape index (κ2) is 3.38. The molecule has 1 aromatic heterocycles. The summed E-state index contributed by atoms with van der Waals surface area (Å²) in [6, 6.07) is 1.85. The summed E-state index contributed by atoms with van der Waals surface area (Å²) in [4.78, 5) is 8.77. The summed E-state index contributed by atoms with van der Waals surface area (Å²) in [6.45, 7) is 3.93. The van der Waals surface area contributed by atoms with E-state index in [2.05, 4.69) is 15.3 Å². The minimum absolute atomic E-state index is 0.709. The number of anilines is 2. The van der Waals surface area contributed by atoms with Gasteiger partial charge in [0, 0.05) is 18.8 Å². The average Bonchev–Trinajstić information content (AvgIpc) is 2.20. The second-order valence-electron chi connectivity index (χ2n) is 3.59. The lowest BCUT2D eigenvalue weighted by Gasteiger charge is -2.11. The molecule has 0 aliphatic heterocycles. The largest absolute Gasteiger partial charge is 0.397 e. The van der Waals surface area contributed by atoms with Crippen LogP contribution in [0.1, 0.15) is 11.3 Å². The molecule has 1 heterocycles. The first-order chi connectivity index (χ1) is 7.13. The molecule has 0 unspecified atom stereocenters. The van der Waals surface area contributed by atoms with Crippen molar-refractivity contribution in [1.82, 2.24) is 9.97 Å². The number of hydrogen-bond donors (Lipinski definition) is 2. The monoisotopic (exact) mass is 202 g/mol. The van der Waals surface area contributed by atoms with Gasteiger partial charge in [-0.25, -0.2) is 4.98 Å². The summed E-state index contributed by atoms with van der Waals surface area (Å²) in [7, 11) is 1.85. The van der Waals surface area contributed by atoms with E-state index < -0.39 is 0 Å². The van der Waals surface area contributed by atoms with Crippen molar-refractivity contribution < 1.29 is 0 Å². The molecule has 4 heteroatoms. The van der Waals surface area contributed by atoms with Gasteiger partial charge in [0.15, 0.2) is 0 Å². The average molecular weight is 202 g/mol. The lowest BCUT2D eigenvalue weighted by molar-refractivity contribution is 1.17. The highest BCUT2D eigenvalue weighted by molar-refractivity contribution is 5.90. The van der Waals surface area contributed by atoms with Gasteiger partial charge >= 0.3 is 0 Å². The zero-order valence-corrected chi connectivity index (χ0v) is 9.13. The molecule has 78 valence electrons. The highest BCUT2D eigenvalue weighted by Crippen LogP contribution is 2.28. The molecule has 0 aliphatic carbocycles. The molecule has 0 spiro atoms. The van der Waals surface area contributed by atoms with Gasteiger partial charge in [-0.3, -0.25) is 4.98 Å². The molecule has 1 aromatic carbocycles. The SMILES string of the molecule is CNc1c(N)cc2ncc(C)nc2c1C. The Balaban J connectivity index is 2.86. The Morgan fingerprint density at radius 2 is 2.07 bits per heavy atom. The molecule has 2 aromatic rings. The maximum Gasteiger partial charge on any atom is 0.0941 e. The summed E-state index contributed by atoms with van der Waals surface area (Å²) >= 11 is 0. The van der Waals surface area contributed by atoms with Crippen molar-refractivity contribution in [3.8, 4) is 0 Å². The van der Waals surface area contributed by atoms with Crippen molar-refractivity contribution in [3.63, 3.8) is 0 Å². The quantitative estimate of drug-likeness (QED) is 0.693. The Hall–Kier alpha value is -1.84. The van der Waals surface area contributed by atoms with Gasteiger partial charge < -0.3 is 11.1 Å². The number of aryl methyl sites for hydroxylation is 2. The fraction of sp³-hybridized carbons (Fsp3) is 0.273. The van der Waals surface area contributed by atoms with Crippen LogP contribution in [-0.2, 0) is 0 Å². The smallest absolute Gasteiger partial charge is 0.0941 e. The van der Waals surface area contributed by atoms with Crippen molar-refractivity contribution in [1.29, 1.82) is 0 Å². The highest BCUT2D eigenvalue weighted by atomic mass is 14.9. The minimum Gasteiger partial charge on any atom is -0.397 e. The number of nitrogen functional groups attached to an aromatic ring is 1. The van der Waals surface area contributed by atoms with Gasteiger partial charge in [0.05, 0.1) is 28.1 Å². The lowest BCUT2D eigenvalue weighted by atomic mass is 10.1. The molecule has 0 radical (unpaired) electrons. The van der Waals surface area contributed by atoms with Crippen LogP contribution in [0, 0.1) is 13.8 Å². The normalized spacial score (nSPS) is 10.6. The van der Waals surface area contributed by atoms with Crippen molar-refractivity contribution in [2.24, 2.45) is 0 Å². The number of rotatable bonds is 1. The fourth-order valence-electron chi connectivity index (χ4n) is 1.75. The standard InChI is InChI=1S/C11H14N4/c1-6-5-14-9-4-8(12)10(13-3)7(2)11(9)15-6/h4-5,13H,12H2,1-3H3. The predicted octanol–water partition coefficient (Wildman–Crippen LogP) is 1.87. The lowest BCUT2D eigenvalue weighted by Crippen LogP contribution is -2.01. The maximum atomic E-state index is 5.91. The van der Waals surface area contributed by atoms with Crippen LogP contribution in [0.2, 0.25) is 0 Å². The molecule has 3 N–H and O–H groups in total. The van der Waals surface area contributed by atoms with Crippen LogP contribution >= 0.6 is 0 Å². The molecule has 0 saturated heterocycles. The van der Waals surface area contributed by atoms with E-state index in [1.807, 2.05) is 27.0 Å². The van der Waals surface area contributed by atoms with Crippen molar-refractivity contribution in [2.45, 2.75) is 13.8 Å². The molecular weight excluding hydrogens is 188 g/mol. The molecule has 0 aliphatic rings. The Bertz CT molecular complexity index is 519. The summed E-state index contributed by atoms with van der Waals surface area (Å²) < 4.78 is 0. The molecular formula is C11H14N4. The van der Waals surface area contributed by atoms with Gasteiger partial charge in [0.25, 0.3) is 0 Å². The van der Waals surface area contributed by atoms with Crippen molar-refractivity contribution >= 4 is 22.4 Å². The number of hydrogen-bond acceptors (Lipinski definition) is 4. The highest BCUT2D eigenvalue weighted by Gasteiger charge is 2.08. The molecule has 0 fully saturated rings. The Labute approximate surface area is 88.5 Å². The Morgan fingerprint density at radius 1 is 1.33 bits per heavy atom. The van der Waals surface area contributed by atoms with Crippen LogP contribution in [0.25, 0.3) is 11.0 Å². The van der Waals surface area contributed by atoms with Crippen LogP contribution in [-0.4, -0.2) is 17.0 Å². The van der Waals surface area contributed by atoms with Gasteiger partial charge in [-0.2, -0.15) is 0 Å². The summed E-state index contributed by atoms with van der Waals surface area (Å²) in [5, 5.41) is 3.08. The predicted molar refractivity (Wildman–Crippen MR) is 63.0 cm³/mol. The third kappa shape index (κ3) is 1.48. The maximum absolute atomic E-state index is 5.91. The number of aromatic nitrogens is 2. The number of benzene rings is 1. The van der Waals surface area contributed by atoms with E-state index in [9.17, 15) is 0 Å². The van der Waals surface area contributed by atoms with E-state index in [1.165, 1.54) is 0 Å².